The fraction of sp³-hybridized carbons (Fsp3) is 0.379. The number of hydrogen-bond donors (Lipinski definition) is 0. The van der Waals surface area contributed by atoms with Gasteiger partial charge in [0.1, 0.15) is 11.9 Å². The van der Waals surface area contributed by atoms with Crippen LogP contribution in [-0.4, -0.2) is 45.0 Å². The normalized spacial score (nSPS) is 18.0. The van der Waals surface area contributed by atoms with Gasteiger partial charge in [-0.3, -0.25) is 0 Å². The molecule has 0 spiro atoms. The van der Waals surface area contributed by atoms with E-state index < -0.39 is 24.3 Å². The average Bonchev–Trinajstić information content (AvgIpc) is 2.90. The molecule has 1 heterocycles. The van der Waals surface area contributed by atoms with Gasteiger partial charge in [-0.15, -0.1) is 6.58 Å². The summed E-state index contributed by atoms with van der Waals surface area (Å²) in [6.07, 6.45) is -1.30. The van der Waals surface area contributed by atoms with E-state index in [4.69, 9.17) is 14.2 Å². The lowest BCUT2D eigenvalue weighted by Crippen LogP contribution is -2.37. The Bertz CT molecular complexity index is 1240. The zero-order chi connectivity index (χ0) is 27.1. The molecular weight excluding hydrogens is 507 g/mol. The molecule has 1 fully saturated rings. The van der Waals surface area contributed by atoms with Gasteiger partial charge in [-0.05, 0) is 53.5 Å². The fourth-order valence-electron chi connectivity index (χ4n) is 4.27. The van der Waals surface area contributed by atoms with Gasteiger partial charge >= 0.3 is 6.18 Å². The Hall–Kier alpha value is -3.01. The minimum absolute atomic E-state index is 0.0993. The van der Waals surface area contributed by atoms with Gasteiger partial charge in [0.25, 0.3) is 0 Å². The third kappa shape index (κ3) is 7.75. The number of ether oxygens (including phenoxy) is 4. The molecule has 4 nitrogen and oxygen atoms in total. The molecule has 3 aromatic carbocycles. The van der Waals surface area contributed by atoms with Gasteiger partial charge in [-0.1, -0.05) is 42.5 Å². The summed E-state index contributed by atoms with van der Waals surface area (Å²) >= 11 is 0. The van der Waals surface area contributed by atoms with Gasteiger partial charge in [-0.2, -0.15) is 13.2 Å². The smallest absolute Gasteiger partial charge is 0.422 e. The van der Waals surface area contributed by atoms with Crippen molar-refractivity contribution in [3.8, 4) is 5.75 Å². The van der Waals surface area contributed by atoms with E-state index in [2.05, 4.69) is 11.3 Å². The van der Waals surface area contributed by atoms with E-state index in [0.29, 0.717) is 62.0 Å². The maximum absolute atomic E-state index is 15.2. The molecule has 1 aliphatic rings. The predicted molar refractivity (Wildman–Crippen MR) is 133 cm³/mol. The number of aryl methyl sites for hydroxylation is 3. The summed E-state index contributed by atoms with van der Waals surface area (Å²) in [6, 6.07) is 12.9. The van der Waals surface area contributed by atoms with Gasteiger partial charge in [0, 0.05) is 11.8 Å². The molecule has 4 rings (SSSR count). The second-order valence-electron chi connectivity index (χ2n) is 9.14. The highest BCUT2D eigenvalue weighted by atomic mass is 19.4. The molecule has 0 saturated carbocycles. The first-order valence-corrected chi connectivity index (χ1v) is 12.4. The topological polar surface area (TPSA) is 36.9 Å². The van der Waals surface area contributed by atoms with Gasteiger partial charge in [0.2, 0.25) is 0 Å². The Morgan fingerprint density at radius 2 is 1.66 bits per heavy atom. The SMILES string of the molecule is C=CCOC1COC(CCc2ccc3c(F)c(CCc4ccc(OCC(F)(F)F)c(F)c4)ccc3c2)OC1. The number of hydrogen-bond acceptors (Lipinski definition) is 4. The van der Waals surface area contributed by atoms with Crippen molar-refractivity contribution in [1.82, 2.24) is 0 Å². The lowest BCUT2D eigenvalue weighted by atomic mass is 9.98. The zero-order valence-corrected chi connectivity index (χ0v) is 20.7. The Balaban J connectivity index is 1.32. The summed E-state index contributed by atoms with van der Waals surface area (Å²) in [5.74, 6) is -1.70. The van der Waals surface area contributed by atoms with E-state index >= 15 is 4.39 Å². The van der Waals surface area contributed by atoms with Crippen molar-refractivity contribution in [2.24, 2.45) is 0 Å². The molecule has 204 valence electrons. The van der Waals surface area contributed by atoms with Crippen LogP contribution in [0.15, 0.2) is 61.2 Å². The van der Waals surface area contributed by atoms with Crippen LogP contribution in [0.3, 0.4) is 0 Å². The van der Waals surface area contributed by atoms with Crippen LogP contribution < -0.4 is 4.74 Å². The molecule has 0 amide bonds. The van der Waals surface area contributed by atoms with Crippen LogP contribution in [0.1, 0.15) is 23.1 Å². The minimum Gasteiger partial charge on any atom is -0.481 e. The van der Waals surface area contributed by atoms with Crippen molar-refractivity contribution in [2.75, 3.05) is 26.4 Å². The maximum Gasteiger partial charge on any atom is 0.422 e. The fourth-order valence-corrected chi connectivity index (χ4v) is 4.27. The second kappa shape index (κ2) is 12.7. The molecule has 0 bridgehead atoms. The number of fused-ring (bicyclic) bond motifs is 1. The van der Waals surface area contributed by atoms with Crippen molar-refractivity contribution in [1.29, 1.82) is 0 Å². The third-order valence-electron chi connectivity index (χ3n) is 6.22. The first-order valence-electron chi connectivity index (χ1n) is 12.4. The van der Waals surface area contributed by atoms with E-state index in [-0.39, 0.29) is 18.2 Å². The molecule has 0 N–H and O–H groups in total. The lowest BCUT2D eigenvalue weighted by molar-refractivity contribution is -0.225. The van der Waals surface area contributed by atoms with E-state index in [1.807, 2.05) is 18.2 Å². The van der Waals surface area contributed by atoms with Gasteiger partial charge < -0.3 is 18.9 Å². The molecule has 1 saturated heterocycles. The van der Waals surface area contributed by atoms with Crippen molar-refractivity contribution in [3.05, 3.63) is 89.5 Å². The first-order chi connectivity index (χ1) is 18.2. The number of benzene rings is 3. The predicted octanol–water partition coefficient (Wildman–Crippen LogP) is 6.72. The number of halogens is 5. The quantitative estimate of drug-likeness (QED) is 0.201. The van der Waals surface area contributed by atoms with Crippen LogP contribution in [0.2, 0.25) is 0 Å². The molecule has 3 aromatic rings. The van der Waals surface area contributed by atoms with Crippen LogP contribution >= 0.6 is 0 Å². The monoisotopic (exact) mass is 536 g/mol. The van der Waals surface area contributed by atoms with Gasteiger partial charge in [0.15, 0.2) is 24.5 Å². The highest BCUT2D eigenvalue weighted by molar-refractivity contribution is 5.84. The molecule has 38 heavy (non-hydrogen) atoms. The number of alkyl halides is 3. The van der Waals surface area contributed by atoms with Crippen molar-refractivity contribution in [3.63, 3.8) is 0 Å². The Kier molecular flexibility index (Phi) is 9.35. The highest BCUT2D eigenvalue weighted by Gasteiger charge is 2.29. The summed E-state index contributed by atoms with van der Waals surface area (Å²) in [4.78, 5) is 0. The zero-order valence-electron chi connectivity index (χ0n) is 20.7. The van der Waals surface area contributed by atoms with Crippen LogP contribution in [0.25, 0.3) is 10.8 Å². The van der Waals surface area contributed by atoms with Crippen LogP contribution in [0.5, 0.6) is 5.75 Å². The summed E-state index contributed by atoms with van der Waals surface area (Å²) in [7, 11) is 0. The van der Waals surface area contributed by atoms with E-state index in [1.165, 1.54) is 6.07 Å². The molecule has 0 aromatic heterocycles. The van der Waals surface area contributed by atoms with Crippen molar-refractivity contribution >= 4 is 10.8 Å². The summed E-state index contributed by atoms with van der Waals surface area (Å²) < 4.78 is 87.6. The second-order valence-corrected chi connectivity index (χ2v) is 9.14. The Morgan fingerprint density at radius 3 is 2.37 bits per heavy atom. The third-order valence-corrected chi connectivity index (χ3v) is 6.22. The minimum atomic E-state index is -4.55. The van der Waals surface area contributed by atoms with Crippen molar-refractivity contribution < 1.29 is 40.9 Å². The van der Waals surface area contributed by atoms with E-state index in [0.717, 1.165) is 23.1 Å². The van der Waals surface area contributed by atoms with Crippen LogP contribution in [0.4, 0.5) is 22.0 Å². The van der Waals surface area contributed by atoms with Gasteiger partial charge in [0.05, 0.1) is 19.8 Å². The Morgan fingerprint density at radius 1 is 0.921 bits per heavy atom. The molecule has 9 heteroatoms. The lowest BCUT2D eigenvalue weighted by Gasteiger charge is -2.29. The molecule has 1 aliphatic heterocycles. The largest absolute Gasteiger partial charge is 0.481 e. The maximum atomic E-state index is 15.2. The standard InChI is InChI=1S/C29H29F5O4/c1-2-13-35-23-16-36-27(37-17-23)12-6-19-4-10-24-22(14-19)9-8-21(28(24)31)7-3-20-5-11-26(25(30)15-20)38-18-29(32,33)34/h2,4-5,8-11,14-15,23,27H,1,3,6-7,12-13,16-18H2. The Labute approximate surface area is 218 Å². The number of rotatable bonds is 11. The molecular formula is C29H29F5O4. The van der Waals surface area contributed by atoms with E-state index in [1.54, 1.807) is 18.2 Å². The molecule has 0 radical (unpaired) electrons. The molecule has 0 aliphatic carbocycles. The summed E-state index contributed by atoms with van der Waals surface area (Å²) in [5, 5.41) is 1.25. The van der Waals surface area contributed by atoms with Crippen LogP contribution in [0, 0.1) is 11.6 Å². The van der Waals surface area contributed by atoms with Crippen LogP contribution in [-0.2, 0) is 33.5 Å². The van der Waals surface area contributed by atoms with Crippen molar-refractivity contribution in [2.45, 2.75) is 44.3 Å². The summed E-state index contributed by atoms with van der Waals surface area (Å²) in [5.41, 5.74) is 2.04. The summed E-state index contributed by atoms with van der Waals surface area (Å²) in [6.45, 7) is 3.43. The first kappa shape index (κ1) is 28.0. The highest BCUT2D eigenvalue weighted by Crippen LogP contribution is 2.26. The molecule has 0 atom stereocenters. The van der Waals surface area contributed by atoms with E-state index in [9.17, 15) is 17.6 Å². The van der Waals surface area contributed by atoms with Gasteiger partial charge in [-0.25, -0.2) is 8.78 Å². The molecule has 0 unspecified atom stereocenters. The average molecular weight is 537 g/mol.